The van der Waals surface area contributed by atoms with Crippen LogP contribution in [-0.4, -0.2) is 6.29 Å². The molecule has 0 N–H and O–H groups in total. The van der Waals surface area contributed by atoms with Crippen LogP contribution >= 0.6 is 15.9 Å². The molecule has 0 atom stereocenters. The largest absolute Gasteiger partial charge is 0.297 e. The molecule has 0 aromatic heterocycles. The van der Waals surface area contributed by atoms with E-state index in [9.17, 15) is 4.79 Å². The van der Waals surface area contributed by atoms with Crippen LogP contribution in [0.15, 0.2) is 10.6 Å². The normalized spacial score (nSPS) is 11.6. The fourth-order valence-corrected chi connectivity index (χ4v) is 0.911. The summed E-state index contributed by atoms with van der Waals surface area (Å²) in [5.74, 6) is 0. The van der Waals surface area contributed by atoms with E-state index < -0.39 is 0 Å². The Labute approximate surface area is 70.6 Å². The molecule has 0 aliphatic rings. The van der Waals surface area contributed by atoms with Crippen molar-refractivity contribution in [1.82, 2.24) is 0 Å². The Hall–Kier alpha value is -0.110. The molecule has 0 radical (unpaired) electrons. The van der Waals surface area contributed by atoms with Crippen molar-refractivity contribution in [2.45, 2.75) is 32.6 Å². The Morgan fingerprint density at radius 1 is 1.50 bits per heavy atom. The van der Waals surface area contributed by atoms with Crippen LogP contribution in [0.4, 0.5) is 0 Å². The fraction of sp³-hybridized carbons (Fsp3) is 0.625. The van der Waals surface area contributed by atoms with Gasteiger partial charge in [0.05, 0.1) is 4.48 Å². The predicted octanol–water partition coefficient (Wildman–Crippen LogP) is 3.04. The lowest BCUT2D eigenvalue weighted by molar-refractivity contribution is -0.104. The second kappa shape index (κ2) is 7.00. The van der Waals surface area contributed by atoms with Crippen LogP contribution < -0.4 is 0 Å². The third-order valence-electron chi connectivity index (χ3n) is 1.26. The highest BCUT2D eigenvalue weighted by molar-refractivity contribution is 9.12. The molecule has 58 valence electrons. The molecule has 0 unspecified atom stereocenters. The molecular formula is C8H13BrO. The number of unbranched alkanes of at least 4 members (excludes halogenated alkanes) is 3. The van der Waals surface area contributed by atoms with Crippen molar-refractivity contribution in [2.24, 2.45) is 0 Å². The summed E-state index contributed by atoms with van der Waals surface area (Å²) in [6.45, 7) is 2.17. The van der Waals surface area contributed by atoms with Crippen LogP contribution in [0, 0.1) is 0 Å². The SMILES string of the molecule is CCCCC/C=C(\Br)C=O. The number of carbonyl (C=O) groups excluding carboxylic acids is 1. The van der Waals surface area contributed by atoms with Gasteiger partial charge in [-0.15, -0.1) is 0 Å². The van der Waals surface area contributed by atoms with Crippen LogP contribution in [0.3, 0.4) is 0 Å². The van der Waals surface area contributed by atoms with E-state index in [0.29, 0.717) is 4.48 Å². The number of hydrogen-bond donors (Lipinski definition) is 0. The summed E-state index contributed by atoms with van der Waals surface area (Å²) in [7, 11) is 0. The summed E-state index contributed by atoms with van der Waals surface area (Å²) in [5, 5.41) is 0. The van der Waals surface area contributed by atoms with Crippen molar-refractivity contribution >= 4 is 22.2 Å². The fourth-order valence-electron chi connectivity index (χ4n) is 0.682. The summed E-state index contributed by atoms with van der Waals surface area (Å²) in [5.41, 5.74) is 0. The van der Waals surface area contributed by atoms with E-state index in [-0.39, 0.29) is 0 Å². The highest BCUT2D eigenvalue weighted by Gasteiger charge is 1.86. The van der Waals surface area contributed by atoms with Gasteiger partial charge in [0.15, 0.2) is 6.29 Å². The second-order valence-electron chi connectivity index (χ2n) is 2.20. The average molecular weight is 205 g/mol. The molecule has 0 amide bonds. The smallest absolute Gasteiger partial charge is 0.156 e. The lowest BCUT2D eigenvalue weighted by Gasteiger charge is -1.90. The Balaban J connectivity index is 3.24. The quantitative estimate of drug-likeness (QED) is 0.383. The van der Waals surface area contributed by atoms with Gasteiger partial charge in [0.1, 0.15) is 0 Å². The molecule has 0 bridgehead atoms. The third-order valence-corrected chi connectivity index (χ3v) is 1.77. The molecular weight excluding hydrogens is 192 g/mol. The second-order valence-corrected chi connectivity index (χ2v) is 3.12. The standard InChI is InChI=1S/C8H13BrO/c1-2-3-4-5-6-8(9)7-10/h6-7H,2-5H2,1H3/b8-6-. The summed E-state index contributed by atoms with van der Waals surface area (Å²) >= 11 is 3.12. The van der Waals surface area contributed by atoms with E-state index in [1.165, 1.54) is 19.3 Å². The van der Waals surface area contributed by atoms with Gasteiger partial charge in [0.2, 0.25) is 0 Å². The number of rotatable bonds is 5. The molecule has 0 heterocycles. The molecule has 0 spiro atoms. The minimum Gasteiger partial charge on any atom is -0.297 e. The molecule has 0 aromatic carbocycles. The minimum atomic E-state index is 0.670. The van der Waals surface area contributed by atoms with E-state index in [1.54, 1.807) is 0 Å². The van der Waals surface area contributed by atoms with E-state index >= 15 is 0 Å². The molecule has 0 rings (SSSR count). The van der Waals surface area contributed by atoms with Crippen molar-refractivity contribution in [2.75, 3.05) is 0 Å². The summed E-state index contributed by atoms with van der Waals surface area (Å²) < 4.78 is 0.670. The molecule has 0 aliphatic heterocycles. The lowest BCUT2D eigenvalue weighted by Crippen LogP contribution is -1.74. The zero-order chi connectivity index (χ0) is 7.82. The zero-order valence-electron chi connectivity index (χ0n) is 6.27. The Kier molecular flexibility index (Phi) is 6.93. The van der Waals surface area contributed by atoms with Gasteiger partial charge in [-0.2, -0.15) is 0 Å². The summed E-state index contributed by atoms with van der Waals surface area (Å²) in [6, 6.07) is 0. The third kappa shape index (κ3) is 6.02. The maximum atomic E-state index is 10.1. The predicted molar refractivity (Wildman–Crippen MR) is 47.2 cm³/mol. The van der Waals surface area contributed by atoms with Gasteiger partial charge in [-0.25, -0.2) is 0 Å². The summed E-state index contributed by atoms with van der Waals surface area (Å²) in [4.78, 5) is 10.1. The number of hydrogen-bond acceptors (Lipinski definition) is 1. The molecule has 1 nitrogen and oxygen atoms in total. The molecule has 2 heteroatoms. The Bertz CT molecular complexity index is 118. The van der Waals surface area contributed by atoms with Gasteiger partial charge in [0, 0.05) is 0 Å². The first kappa shape index (κ1) is 9.89. The van der Waals surface area contributed by atoms with Gasteiger partial charge >= 0.3 is 0 Å². The van der Waals surface area contributed by atoms with Crippen molar-refractivity contribution in [1.29, 1.82) is 0 Å². The monoisotopic (exact) mass is 204 g/mol. The zero-order valence-corrected chi connectivity index (χ0v) is 7.86. The Morgan fingerprint density at radius 2 is 2.20 bits per heavy atom. The first-order valence-electron chi connectivity index (χ1n) is 3.62. The van der Waals surface area contributed by atoms with E-state index in [4.69, 9.17) is 0 Å². The number of halogens is 1. The van der Waals surface area contributed by atoms with Gasteiger partial charge in [0.25, 0.3) is 0 Å². The maximum Gasteiger partial charge on any atom is 0.156 e. The number of allylic oxidation sites excluding steroid dienone is 2. The average Bonchev–Trinajstić information content (AvgIpc) is 1.98. The Morgan fingerprint density at radius 3 is 2.70 bits per heavy atom. The molecule has 0 fully saturated rings. The lowest BCUT2D eigenvalue weighted by atomic mass is 10.2. The minimum absolute atomic E-state index is 0.670. The van der Waals surface area contributed by atoms with Gasteiger partial charge in [-0.3, -0.25) is 4.79 Å². The number of carbonyl (C=O) groups is 1. The molecule has 0 saturated heterocycles. The first-order valence-corrected chi connectivity index (χ1v) is 4.41. The van der Waals surface area contributed by atoms with E-state index in [0.717, 1.165) is 12.7 Å². The van der Waals surface area contributed by atoms with Crippen molar-refractivity contribution < 1.29 is 4.79 Å². The summed E-state index contributed by atoms with van der Waals surface area (Å²) in [6.07, 6.45) is 7.41. The van der Waals surface area contributed by atoms with Gasteiger partial charge in [-0.1, -0.05) is 25.8 Å². The van der Waals surface area contributed by atoms with Crippen LogP contribution in [0.25, 0.3) is 0 Å². The molecule has 0 aromatic rings. The van der Waals surface area contributed by atoms with Crippen LogP contribution in [0.2, 0.25) is 0 Å². The first-order chi connectivity index (χ1) is 4.81. The van der Waals surface area contributed by atoms with Crippen LogP contribution in [-0.2, 0) is 4.79 Å². The van der Waals surface area contributed by atoms with Gasteiger partial charge in [-0.05, 0) is 28.8 Å². The van der Waals surface area contributed by atoms with Crippen LogP contribution in [0.5, 0.6) is 0 Å². The highest BCUT2D eigenvalue weighted by Crippen LogP contribution is 2.05. The van der Waals surface area contributed by atoms with Crippen LogP contribution in [0.1, 0.15) is 32.6 Å². The number of aldehydes is 1. The maximum absolute atomic E-state index is 10.1. The van der Waals surface area contributed by atoms with Crippen molar-refractivity contribution in [3.63, 3.8) is 0 Å². The highest BCUT2D eigenvalue weighted by atomic mass is 79.9. The molecule has 10 heavy (non-hydrogen) atoms. The van der Waals surface area contributed by atoms with Crippen molar-refractivity contribution in [3.05, 3.63) is 10.6 Å². The molecule has 0 saturated carbocycles. The topological polar surface area (TPSA) is 17.1 Å². The van der Waals surface area contributed by atoms with Gasteiger partial charge < -0.3 is 0 Å². The van der Waals surface area contributed by atoms with E-state index in [2.05, 4.69) is 22.9 Å². The molecule has 0 aliphatic carbocycles. The van der Waals surface area contributed by atoms with E-state index in [1.807, 2.05) is 6.08 Å². The van der Waals surface area contributed by atoms with Crippen molar-refractivity contribution in [3.8, 4) is 0 Å².